The Balaban J connectivity index is 1.62. The summed E-state index contributed by atoms with van der Waals surface area (Å²) in [4.78, 5) is 24.1. The molecule has 0 aliphatic rings. The first kappa shape index (κ1) is 48.3. The van der Waals surface area contributed by atoms with E-state index in [0.717, 1.165) is 5.56 Å². The van der Waals surface area contributed by atoms with Gasteiger partial charge in [-0.1, -0.05) is 80.4 Å². The predicted octanol–water partition coefficient (Wildman–Crippen LogP) is 12.3. The van der Waals surface area contributed by atoms with Gasteiger partial charge in [-0.3, -0.25) is 0 Å². The van der Waals surface area contributed by atoms with Gasteiger partial charge in [0.2, 0.25) is 20.3 Å². The third-order valence-corrected chi connectivity index (χ3v) is 17.3. The molecule has 61 heavy (non-hydrogen) atoms. The second-order valence-electron chi connectivity index (χ2n) is 17.2. The fourth-order valence-electron chi connectivity index (χ4n) is 6.16. The minimum Gasteiger partial charge on any atom is -0.543 e. The van der Waals surface area contributed by atoms with Crippen molar-refractivity contribution >= 4 is 75.0 Å². The highest BCUT2D eigenvalue weighted by Crippen LogP contribution is 2.52. The zero-order chi connectivity index (χ0) is 44.9. The highest BCUT2D eigenvalue weighted by Gasteiger charge is 2.39. The molecule has 10 nitrogen and oxygen atoms in total. The standard InChI is InChI=1S/C46H55BrCl2N2O8SSi/c1-12-20-54-25-32(23-52)56-40-38(48)27(2)35(28(3)39(40)49)36-37-42(50-26-51-43(37)60-41(36)47)57-34(44(53)58-45(4,5)6)22-30-21-31(59-61(10,11)46(7,8)9)18-19-33(30)55-24-29-16-14-13-15-17-29/h12-19,21,26,32,34,52H,1,20,22-25H2,2-11H3/t32-,34?/m0/s1. The van der Waals surface area contributed by atoms with Gasteiger partial charge in [0.15, 0.2) is 5.75 Å². The van der Waals surface area contributed by atoms with Crippen molar-refractivity contribution in [2.75, 3.05) is 19.8 Å². The zero-order valence-corrected chi connectivity index (χ0v) is 41.3. The molecule has 3 aromatic carbocycles. The summed E-state index contributed by atoms with van der Waals surface area (Å²) in [6, 6.07) is 15.6. The van der Waals surface area contributed by atoms with E-state index >= 15 is 0 Å². The maximum atomic E-state index is 14.3. The lowest BCUT2D eigenvalue weighted by Gasteiger charge is -2.36. The second-order valence-corrected chi connectivity index (χ2v) is 25.0. The van der Waals surface area contributed by atoms with E-state index in [9.17, 15) is 9.90 Å². The molecule has 15 heteroatoms. The van der Waals surface area contributed by atoms with Crippen LogP contribution in [-0.2, 0) is 27.3 Å². The normalized spacial score (nSPS) is 13.1. The van der Waals surface area contributed by atoms with E-state index in [1.165, 1.54) is 17.7 Å². The fraction of sp³-hybridized carbons (Fsp3) is 0.413. The van der Waals surface area contributed by atoms with Crippen LogP contribution in [0, 0.1) is 13.8 Å². The Morgan fingerprint density at radius 1 is 0.984 bits per heavy atom. The number of rotatable bonds is 18. The van der Waals surface area contributed by atoms with Gasteiger partial charge in [0.1, 0.15) is 41.0 Å². The molecule has 0 radical (unpaired) electrons. The molecule has 0 fully saturated rings. The van der Waals surface area contributed by atoms with Crippen LogP contribution in [0.15, 0.2) is 71.3 Å². The van der Waals surface area contributed by atoms with Gasteiger partial charge in [0.25, 0.3) is 0 Å². The number of aliphatic hydroxyl groups is 1. The molecule has 0 saturated carbocycles. The van der Waals surface area contributed by atoms with Crippen molar-refractivity contribution in [2.45, 2.75) is 104 Å². The molecule has 0 saturated heterocycles. The minimum atomic E-state index is -2.25. The van der Waals surface area contributed by atoms with Crippen molar-refractivity contribution in [1.29, 1.82) is 0 Å². The van der Waals surface area contributed by atoms with Crippen LogP contribution in [0.3, 0.4) is 0 Å². The number of hydrogen-bond donors (Lipinski definition) is 1. The van der Waals surface area contributed by atoms with Crippen molar-refractivity contribution in [3.8, 4) is 34.3 Å². The van der Waals surface area contributed by atoms with E-state index < -0.39 is 32.1 Å². The number of thiophene rings is 1. The molecule has 2 aromatic heterocycles. The first-order valence-electron chi connectivity index (χ1n) is 19.9. The Kier molecular flexibility index (Phi) is 16.0. The third kappa shape index (κ3) is 11.9. The lowest BCUT2D eigenvalue weighted by Crippen LogP contribution is -2.43. The minimum absolute atomic E-state index is 0.0523. The first-order chi connectivity index (χ1) is 28.7. The molecule has 0 amide bonds. The van der Waals surface area contributed by atoms with Crippen LogP contribution in [0.2, 0.25) is 28.2 Å². The Morgan fingerprint density at radius 3 is 2.26 bits per heavy atom. The molecule has 1 unspecified atom stereocenters. The molecule has 0 bridgehead atoms. The number of hydrogen-bond acceptors (Lipinski definition) is 11. The van der Waals surface area contributed by atoms with E-state index in [4.69, 9.17) is 51.3 Å². The summed E-state index contributed by atoms with van der Waals surface area (Å²) < 4.78 is 38.3. The highest BCUT2D eigenvalue weighted by molar-refractivity contribution is 9.11. The van der Waals surface area contributed by atoms with Crippen molar-refractivity contribution in [3.63, 3.8) is 0 Å². The van der Waals surface area contributed by atoms with E-state index in [-0.39, 0.29) is 46.3 Å². The van der Waals surface area contributed by atoms with Crippen LogP contribution in [-0.4, -0.2) is 67.0 Å². The Labute approximate surface area is 382 Å². The van der Waals surface area contributed by atoms with Crippen molar-refractivity contribution < 1.29 is 38.0 Å². The van der Waals surface area contributed by atoms with Crippen LogP contribution < -0.4 is 18.6 Å². The lowest BCUT2D eigenvalue weighted by atomic mass is 9.95. The fourth-order valence-corrected chi connectivity index (χ4v) is 9.42. The number of esters is 1. The molecule has 0 spiro atoms. The first-order valence-corrected chi connectivity index (χ1v) is 25.2. The average Bonchev–Trinajstić information content (AvgIpc) is 3.52. The molecule has 328 valence electrons. The number of benzene rings is 3. The van der Waals surface area contributed by atoms with Crippen molar-refractivity contribution in [1.82, 2.24) is 9.97 Å². The summed E-state index contributed by atoms with van der Waals surface area (Å²) in [5.74, 6) is 1.04. The maximum Gasteiger partial charge on any atom is 0.348 e. The number of carbonyl (C=O) groups is 1. The summed E-state index contributed by atoms with van der Waals surface area (Å²) in [5, 5.41) is 11.1. The number of carbonyl (C=O) groups excluding carboxylic acids is 1. The molecule has 5 rings (SSSR count). The van der Waals surface area contributed by atoms with Gasteiger partial charge in [0, 0.05) is 17.5 Å². The Morgan fingerprint density at radius 2 is 1.66 bits per heavy atom. The van der Waals surface area contributed by atoms with Gasteiger partial charge in [-0.2, -0.15) is 0 Å². The average molecular weight is 975 g/mol. The van der Waals surface area contributed by atoms with Gasteiger partial charge in [-0.15, -0.1) is 17.9 Å². The van der Waals surface area contributed by atoms with Crippen LogP contribution in [0.5, 0.6) is 23.1 Å². The number of aliphatic hydroxyl groups excluding tert-OH is 1. The molecule has 0 aliphatic carbocycles. The highest BCUT2D eigenvalue weighted by atomic mass is 79.9. The number of aromatic nitrogens is 2. The molecule has 0 aliphatic heterocycles. The molecule has 2 heterocycles. The van der Waals surface area contributed by atoms with E-state index in [1.54, 1.807) is 6.08 Å². The summed E-state index contributed by atoms with van der Waals surface area (Å²) in [7, 11) is -2.25. The molecule has 1 N–H and O–H groups in total. The number of ether oxygens (including phenoxy) is 5. The van der Waals surface area contributed by atoms with Gasteiger partial charge in [-0.25, -0.2) is 14.8 Å². The van der Waals surface area contributed by atoms with Crippen molar-refractivity contribution in [2.24, 2.45) is 0 Å². The monoisotopic (exact) mass is 972 g/mol. The summed E-state index contributed by atoms with van der Waals surface area (Å²) in [6.45, 7) is 24.1. The van der Waals surface area contributed by atoms with E-state index in [0.29, 0.717) is 66.5 Å². The Hall–Kier alpha value is -3.69. The molecular weight excluding hydrogens is 919 g/mol. The van der Waals surface area contributed by atoms with Crippen LogP contribution in [0.4, 0.5) is 0 Å². The van der Waals surface area contributed by atoms with Gasteiger partial charge < -0.3 is 33.2 Å². The van der Waals surface area contributed by atoms with Crippen LogP contribution in [0.25, 0.3) is 21.3 Å². The number of nitrogens with zero attached hydrogens (tertiary/aromatic N) is 2. The van der Waals surface area contributed by atoms with E-state index in [2.05, 4.69) is 66.3 Å². The number of halogens is 3. The quantitative estimate of drug-likeness (QED) is 0.0393. The SMILES string of the molecule is C=CCOC[C@H](CO)Oc1c(Cl)c(C)c(-c2c(Br)sc3ncnc(OC(Cc4cc(O[Si](C)(C)C(C)(C)C)ccc4OCc4ccccc4)C(=O)OC(C)(C)C)c23)c(C)c1Cl. The maximum absolute atomic E-state index is 14.3. The molecule has 5 aromatic rings. The molecular formula is C46H55BrCl2N2O8SSi. The largest absolute Gasteiger partial charge is 0.543 e. The van der Waals surface area contributed by atoms with Gasteiger partial charge in [-0.05, 0) is 109 Å². The lowest BCUT2D eigenvalue weighted by molar-refractivity contribution is -0.163. The topological polar surface area (TPSA) is 118 Å². The van der Waals surface area contributed by atoms with E-state index in [1.807, 2.05) is 83.1 Å². The molecule has 2 atom stereocenters. The third-order valence-electron chi connectivity index (χ3n) is 10.3. The number of fused-ring (bicyclic) bond motifs is 1. The smallest absolute Gasteiger partial charge is 0.348 e. The summed E-state index contributed by atoms with van der Waals surface area (Å²) in [6.07, 6.45) is 1.16. The summed E-state index contributed by atoms with van der Waals surface area (Å²) >= 11 is 19.2. The van der Waals surface area contributed by atoms with Crippen molar-refractivity contribution in [3.05, 3.63) is 104 Å². The van der Waals surface area contributed by atoms with Crippen LogP contribution in [0.1, 0.15) is 63.8 Å². The van der Waals surface area contributed by atoms with Crippen LogP contribution >= 0.6 is 50.5 Å². The summed E-state index contributed by atoms with van der Waals surface area (Å²) in [5.41, 5.74) is 3.54. The predicted molar refractivity (Wildman–Crippen MR) is 252 cm³/mol. The Bertz CT molecular complexity index is 2320. The second kappa shape index (κ2) is 20.2. The van der Waals surface area contributed by atoms with Gasteiger partial charge in [0.05, 0.1) is 39.0 Å². The zero-order valence-electron chi connectivity index (χ0n) is 36.4. The van der Waals surface area contributed by atoms with Gasteiger partial charge >= 0.3 is 5.97 Å².